The number of nitrogens with zero attached hydrogens (tertiary/aromatic N) is 2. The van der Waals surface area contributed by atoms with Gasteiger partial charge in [0.2, 0.25) is 0 Å². The van der Waals surface area contributed by atoms with E-state index in [4.69, 9.17) is 21.1 Å². The fourth-order valence-corrected chi connectivity index (χ4v) is 2.27. The summed E-state index contributed by atoms with van der Waals surface area (Å²) in [5.41, 5.74) is 0.602. The Hall–Kier alpha value is -1.56. The van der Waals surface area contributed by atoms with Crippen LogP contribution >= 0.6 is 11.6 Å². The first kappa shape index (κ1) is 15.8. The summed E-state index contributed by atoms with van der Waals surface area (Å²) in [6, 6.07) is 9.49. The van der Waals surface area contributed by atoms with Crippen molar-refractivity contribution in [2.24, 2.45) is 0 Å². The lowest BCUT2D eigenvalue weighted by molar-refractivity contribution is 0.126. The van der Waals surface area contributed by atoms with Crippen LogP contribution in [0, 0.1) is 0 Å². The highest BCUT2D eigenvalue weighted by Gasteiger charge is 2.18. The third kappa shape index (κ3) is 4.46. The quantitative estimate of drug-likeness (QED) is 0.814. The molecule has 1 aromatic heterocycles. The van der Waals surface area contributed by atoms with Crippen molar-refractivity contribution in [2.45, 2.75) is 19.1 Å². The minimum Gasteiger partial charge on any atom is -0.493 e. The summed E-state index contributed by atoms with van der Waals surface area (Å²) in [4.78, 5) is 0. The van der Waals surface area contributed by atoms with Crippen molar-refractivity contribution in [3.05, 3.63) is 47.2 Å². The normalized spacial score (nSPS) is 12.3. The number of rotatable bonds is 8. The van der Waals surface area contributed by atoms with Crippen molar-refractivity contribution in [1.82, 2.24) is 9.78 Å². The van der Waals surface area contributed by atoms with Gasteiger partial charge in [-0.1, -0.05) is 29.8 Å². The highest BCUT2D eigenvalue weighted by Crippen LogP contribution is 2.25. The Morgan fingerprint density at radius 2 is 2.05 bits per heavy atom. The molecule has 1 N–H and O–H groups in total. The second-order valence-electron chi connectivity index (χ2n) is 4.56. The molecular weight excluding hydrogens is 292 g/mol. The zero-order valence-corrected chi connectivity index (χ0v) is 12.7. The Balaban J connectivity index is 1.90. The summed E-state index contributed by atoms with van der Waals surface area (Å²) in [5, 5.41) is 14.9. The zero-order valence-electron chi connectivity index (χ0n) is 11.9. The third-order valence-corrected chi connectivity index (χ3v) is 3.35. The lowest BCUT2D eigenvalue weighted by Gasteiger charge is -2.14. The van der Waals surface area contributed by atoms with Crippen LogP contribution in [0.15, 0.2) is 36.5 Å². The third-order valence-electron chi connectivity index (χ3n) is 3.06. The van der Waals surface area contributed by atoms with E-state index in [0.29, 0.717) is 36.9 Å². The van der Waals surface area contributed by atoms with Crippen LogP contribution in [0.2, 0.25) is 5.02 Å². The zero-order chi connectivity index (χ0) is 15.1. The van der Waals surface area contributed by atoms with Crippen molar-refractivity contribution >= 4 is 11.6 Å². The molecule has 0 amide bonds. The van der Waals surface area contributed by atoms with Crippen LogP contribution in [-0.4, -0.2) is 35.2 Å². The number of aliphatic hydroxyl groups excluding tert-OH is 1. The maximum absolute atomic E-state index is 10.3. The predicted octanol–water partition coefficient (Wildman–Crippen LogP) is 2.69. The Morgan fingerprint density at radius 1 is 1.29 bits per heavy atom. The van der Waals surface area contributed by atoms with Crippen LogP contribution in [0.5, 0.6) is 5.75 Å². The van der Waals surface area contributed by atoms with Crippen molar-refractivity contribution in [3.8, 4) is 5.75 Å². The maximum atomic E-state index is 10.3. The van der Waals surface area contributed by atoms with Gasteiger partial charge in [0.05, 0.1) is 36.7 Å². The lowest BCUT2D eigenvalue weighted by atomic mass is 10.2. The summed E-state index contributed by atoms with van der Waals surface area (Å²) in [6.45, 7) is 1.46. The van der Waals surface area contributed by atoms with E-state index in [1.807, 2.05) is 30.3 Å². The highest BCUT2D eigenvalue weighted by molar-refractivity contribution is 6.31. The van der Waals surface area contributed by atoms with Crippen molar-refractivity contribution in [2.75, 3.05) is 20.3 Å². The van der Waals surface area contributed by atoms with Gasteiger partial charge in [-0.2, -0.15) is 5.10 Å². The monoisotopic (exact) mass is 310 g/mol. The second kappa shape index (κ2) is 8.02. The minimum absolute atomic E-state index is 0.400. The van der Waals surface area contributed by atoms with E-state index >= 15 is 0 Å². The summed E-state index contributed by atoms with van der Waals surface area (Å²) >= 11 is 6.09. The number of para-hydroxylation sites is 1. The molecule has 1 unspecified atom stereocenters. The van der Waals surface area contributed by atoms with E-state index < -0.39 is 6.10 Å². The molecule has 0 fully saturated rings. The number of aliphatic hydroxyl groups is 1. The molecule has 0 saturated carbocycles. The topological polar surface area (TPSA) is 56.5 Å². The summed E-state index contributed by atoms with van der Waals surface area (Å²) in [5.74, 6) is 0.781. The van der Waals surface area contributed by atoms with E-state index in [0.717, 1.165) is 5.75 Å². The number of ether oxygens (including phenoxy) is 2. The number of benzene rings is 1. The van der Waals surface area contributed by atoms with E-state index in [2.05, 4.69) is 5.10 Å². The van der Waals surface area contributed by atoms with E-state index in [9.17, 15) is 5.11 Å². The van der Waals surface area contributed by atoms with Crippen molar-refractivity contribution < 1.29 is 14.6 Å². The fraction of sp³-hybridized carbons (Fsp3) is 0.400. The summed E-state index contributed by atoms with van der Waals surface area (Å²) in [7, 11) is 1.62. The number of halogens is 1. The van der Waals surface area contributed by atoms with Crippen molar-refractivity contribution in [1.29, 1.82) is 0 Å². The highest BCUT2D eigenvalue weighted by atomic mass is 35.5. The van der Waals surface area contributed by atoms with E-state index in [1.54, 1.807) is 11.8 Å². The van der Waals surface area contributed by atoms with Gasteiger partial charge < -0.3 is 14.6 Å². The molecule has 0 bridgehead atoms. The number of hydrogen-bond donors (Lipinski definition) is 1. The number of aromatic nitrogens is 2. The van der Waals surface area contributed by atoms with E-state index in [-0.39, 0.29) is 0 Å². The average molecular weight is 311 g/mol. The van der Waals surface area contributed by atoms with Gasteiger partial charge in [0, 0.05) is 13.5 Å². The SMILES string of the molecule is COCCn1ncc(Cl)c1C(O)CCOc1ccccc1. The Bertz CT molecular complexity index is 545. The molecule has 21 heavy (non-hydrogen) atoms. The van der Waals surface area contributed by atoms with Gasteiger partial charge in [0.1, 0.15) is 11.9 Å². The molecule has 0 radical (unpaired) electrons. The molecule has 5 nitrogen and oxygen atoms in total. The molecule has 1 aromatic carbocycles. The first-order chi connectivity index (χ1) is 10.2. The molecule has 1 atom stereocenters. The van der Waals surface area contributed by atoms with Gasteiger partial charge in [-0.05, 0) is 12.1 Å². The van der Waals surface area contributed by atoms with Crippen LogP contribution < -0.4 is 4.74 Å². The minimum atomic E-state index is -0.722. The summed E-state index contributed by atoms with van der Waals surface area (Å²) in [6.07, 6.45) is 1.25. The summed E-state index contributed by atoms with van der Waals surface area (Å²) < 4.78 is 12.3. The van der Waals surface area contributed by atoms with Gasteiger partial charge in [0.15, 0.2) is 0 Å². The molecule has 0 aliphatic heterocycles. The van der Waals surface area contributed by atoms with Gasteiger partial charge in [-0.3, -0.25) is 4.68 Å². The smallest absolute Gasteiger partial charge is 0.119 e. The van der Waals surface area contributed by atoms with E-state index in [1.165, 1.54) is 6.20 Å². The Morgan fingerprint density at radius 3 is 2.76 bits per heavy atom. The molecule has 0 spiro atoms. The van der Waals surface area contributed by atoms with Crippen LogP contribution in [0.3, 0.4) is 0 Å². The molecule has 0 saturated heterocycles. The molecular formula is C15H19ClN2O3. The van der Waals surface area contributed by atoms with Crippen LogP contribution in [-0.2, 0) is 11.3 Å². The molecule has 2 aromatic rings. The fourth-order valence-electron chi connectivity index (χ4n) is 2.00. The van der Waals surface area contributed by atoms with Crippen LogP contribution in [0.1, 0.15) is 18.2 Å². The average Bonchev–Trinajstić information content (AvgIpc) is 2.87. The molecule has 0 aliphatic carbocycles. The second-order valence-corrected chi connectivity index (χ2v) is 4.97. The first-order valence-corrected chi connectivity index (χ1v) is 7.16. The predicted molar refractivity (Wildman–Crippen MR) is 80.6 cm³/mol. The maximum Gasteiger partial charge on any atom is 0.119 e. The molecule has 2 rings (SSSR count). The Kier molecular flexibility index (Phi) is 6.04. The van der Waals surface area contributed by atoms with Gasteiger partial charge in [-0.15, -0.1) is 0 Å². The van der Waals surface area contributed by atoms with Crippen LogP contribution in [0.4, 0.5) is 0 Å². The molecule has 114 valence electrons. The molecule has 6 heteroatoms. The number of methoxy groups -OCH3 is 1. The largest absolute Gasteiger partial charge is 0.493 e. The van der Waals surface area contributed by atoms with Gasteiger partial charge >= 0.3 is 0 Å². The standard InChI is InChI=1S/C15H19ClN2O3/c1-20-10-8-18-15(13(16)11-17-18)14(19)7-9-21-12-5-3-2-4-6-12/h2-6,11,14,19H,7-10H2,1H3. The van der Waals surface area contributed by atoms with Gasteiger partial charge in [-0.25, -0.2) is 0 Å². The first-order valence-electron chi connectivity index (χ1n) is 6.78. The Labute approximate surface area is 129 Å². The lowest BCUT2D eigenvalue weighted by Crippen LogP contribution is -2.14. The molecule has 1 heterocycles. The van der Waals surface area contributed by atoms with Gasteiger partial charge in [0.25, 0.3) is 0 Å². The van der Waals surface area contributed by atoms with Crippen molar-refractivity contribution in [3.63, 3.8) is 0 Å². The van der Waals surface area contributed by atoms with Crippen LogP contribution in [0.25, 0.3) is 0 Å². The molecule has 0 aliphatic rings. The number of hydrogen-bond acceptors (Lipinski definition) is 4.